The lowest BCUT2D eigenvalue weighted by atomic mass is 10.1. The number of benzene rings is 3. The molecule has 0 unspecified atom stereocenters. The maximum atomic E-state index is 13.3. The first kappa shape index (κ1) is 26.8. The van der Waals surface area contributed by atoms with E-state index in [1.54, 1.807) is 41.3 Å². The number of aryl methyl sites for hydroxylation is 2. The number of fused-ring (bicyclic) bond motifs is 1. The van der Waals surface area contributed by atoms with Crippen molar-refractivity contribution in [1.29, 1.82) is 0 Å². The number of hydrogen-bond acceptors (Lipinski definition) is 5. The van der Waals surface area contributed by atoms with Gasteiger partial charge in [-0.3, -0.25) is 9.10 Å². The average Bonchev–Trinajstić information content (AvgIpc) is 3.26. The highest BCUT2D eigenvalue weighted by atomic mass is 32.2. The van der Waals surface area contributed by atoms with E-state index in [0.29, 0.717) is 29.9 Å². The molecule has 10 heteroatoms. The van der Waals surface area contributed by atoms with Gasteiger partial charge in [-0.1, -0.05) is 30.3 Å². The molecular weight excluding hydrogens is 510 g/mol. The number of para-hydroxylation sites is 1. The van der Waals surface area contributed by atoms with Gasteiger partial charge in [0.1, 0.15) is 0 Å². The minimum Gasteiger partial charge on any atom is -0.308 e. The number of hydrogen-bond donors (Lipinski definition) is 0. The van der Waals surface area contributed by atoms with Crippen molar-refractivity contribution in [2.75, 3.05) is 36.1 Å². The van der Waals surface area contributed by atoms with Gasteiger partial charge in [-0.25, -0.2) is 21.1 Å². The fourth-order valence-electron chi connectivity index (χ4n) is 4.60. The second kappa shape index (κ2) is 9.92. The maximum Gasteiger partial charge on any atom is 0.258 e. The number of carbonyl (C=O) groups excluding carboxylic acids is 1. The summed E-state index contributed by atoms with van der Waals surface area (Å²) in [5.41, 5.74) is 5.13. The first-order chi connectivity index (χ1) is 17.3. The number of anilines is 2. The first-order valence-electron chi connectivity index (χ1n) is 11.8. The molecule has 0 fully saturated rings. The van der Waals surface area contributed by atoms with Crippen LogP contribution < -0.4 is 9.21 Å². The normalized spacial score (nSPS) is 13.6. The molecule has 196 valence electrons. The molecule has 37 heavy (non-hydrogen) atoms. The van der Waals surface area contributed by atoms with Crippen LogP contribution in [0, 0.1) is 13.8 Å². The molecule has 0 N–H and O–H groups in total. The fourth-order valence-corrected chi connectivity index (χ4v) is 6.55. The standard InChI is InChI=1S/C27H31N3O5S2/c1-19-7-6-8-20(2)26(19)30(36(5,32)33)18-21-9-11-22(12-10-21)27(31)29-16-15-23-17-24(13-14-25(23)29)37(34,35)28(3)4/h6-14,17H,15-16,18H2,1-5H3. The highest BCUT2D eigenvalue weighted by molar-refractivity contribution is 7.92. The minimum absolute atomic E-state index is 0.147. The third-order valence-electron chi connectivity index (χ3n) is 6.59. The van der Waals surface area contributed by atoms with Gasteiger partial charge in [0.05, 0.1) is 23.4 Å². The molecule has 0 aliphatic carbocycles. The van der Waals surface area contributed by atoms with E-state index in [0.717, 1.165) is 22.3 Å². The molecule has 1 aliphatic heterocycles. The van der Waals surface area contributed by atoms with Crippen LogP contribution in [0.4, 0.5) is 11.4 Å². The van der Waals surface area contributed by atoms with E-state index < -0.39 is 20.0 Å². The van der Waals surface area contributed by atoms with Gasteiger partial charge >= 0.3 is 0 Å². The van der Waals surface area contributed by atoms with Crippen LogP contribution in [0.5, 0.6) is 0 Å². The summed E-state index contributed by atoms with van der Waals surface area (Å²) in [5.74, 6) is -0.191. The molecule has 0 spiro atoms. The van der Waals surface area contributed by atoms with Crippen LogP contribution in [0.2, 0.25) is 0 Å². The highest BCUT2D eigenvalue weighted by Crippen LogP contribution is 2.32. The number of carbonyl (C=O) groups is 1. The molecule has 0 bridgehead atoms. The Morgan fingerprint density at radius 1 is 0.919 bits per heavy atom. The molecule has 0 saturated heterocycles. The van der Waals surface area contributed by atoms with Crippen LogP contribution in [0.15, 0.2) is 65.6 Å². The van der Waals surface area contributed by atoms with Crippen molar-refractivity contribution in [2.45, 2.75) is 31.7 Å². The smallest absolute Gasteiger partial charge is 0.258 e. The molecule has 0 atom stereocenters. The number of sulfonamides is 2. The average molecular weight is 542 g/mol. The Morgan fingerprint density at radius 2 is 1.54 bits per heavy atom. The summed E-state index contributed by atoms with van der Waals surface area (Å²) in [6.07, 6.45) is 1.76. The van der Waals surface area contributed by atoms with E-state index in [1.807, 2.05) is 32.0 Å². The highest BCUT2D eigenvalue weighted by Gasteiger charge is 2.28. The van der Waals surface area contributed by atoms with Crippen molar-refractivity contribution >= 4 is 37.3 Å². The van der Waals surface area contributed by atoms with Gasteiger partial charge in [0.15, 0.2) is 0 Å². The molecule has 1 aliphatic rings. The monoisotopic (exact) mass is 541 g/mol. The zero-order valence-corrected chi connectivity index (χ0v) is 23.2. The number of amides is 1. The zero-order valence-electron chi connectivity index (χ0n) is 21.6. The van der Waals surface area contributed by atoms with Gasteiger partial charge in [-0.2, -0.15) is 0 Å². The third-order valence-corrected chi connectivity index (χ3v) is 9.51. The summed E-state index contributed by atoms with van der Waals surface area (Å²) >= 11 is 0. The SMILES string of the molecule is Cc1cccc(C)c1N(Cc1ccc(C(=O)N2CCc3cc(S(=O)(=O)N(C)C)ccc32)cc1)S(C)(=O)=O. The predicted molar refractivity (Wildman–Crippen MR) is 146 cm³/mol. The summed E-state index contributed by atoms with van der Waals surface area (Å²) < 4.78 is 52.8. The summed E-state index contributed by atoms with van der Waals surface area (Å²) in [4.78, 5) is 15.1. The summed E-state index contributed by atoms with van der Waals surface area (Å²) in [7, 11) is -4.13. The molecule has 3 aromatic rings. The van der Waals surface area contributed by atoms with E-state index in [-0.39, 0.29) is 17.3 Å². The van der Waals surface area contributed by atoms with Crippen LogP contribution in [0.25, 0.3) is 0 Å². The number of rotatable bonds is 7. The third kappa shape index (κ3) is 5.27. The Kier molecular flexibility index (Phi) is 7.20. The molecule has 1 amide bonds. The van der Waals surface area contributed by atoms with Gasteiger partial charge in [-0.05, 0) is 72.9 Å². The summed E-state index contributed by atoms with van der Waals surface area (Å²) in [6, 6.07) is 17.4. The van der Waals surface area contributed by atoms with Crippen molar-refractivity contribution in [3.63, 3.8) is 0 Å². The maximum absolute atomic E-state index is 13.3. The quantitative estimate of drug-likeness (QED) is 0.454. The van der Waals surface area contributed by atoms with Crippen molar-refractivity contribution in [3.05, 3.63) is 88.5 Å². The summed E-state index contributed by atoms with van der Waals surface area (Å²) in [5, 5.41) is 0. The lowest BCUT2D eigenvalue weighted by Gasteiger charge is -2.26. The second-order valence-electron chi connectivity index (χ2n) is 9.49. The van der Waals surface area contributed by atoms with Crippen molar-refractivity contribution in [2.24, 2.45) is 0 Å². The van der Waals surface area contributed by atoms with Gasteiger partial charge in [-0.15, -0.1) is 0 Å². The molecular formula is C27H31N3O5S2. The summed E-state index contributed by atoms with van der Waals surface area (Å²) in [6.45, 7) is 4.37. The van der Waals surface area contributed by atoms with E-state index in [2.05, 4.69) is 0 Å². The van der Waals surface area contributed by atoms with Crippen molar-refractivity contribution in [1.82, 2.24) is 4.31 Å². The van der Waals surface area contributed by atoms with Crippen LogP contribution >= 0.6 is 0 Å². The Morgan fingerprint density at radius 3 is 2.11 bits per heavy atom. The fraction of sp³-hybridized carbons (Fsp3) is 0.296. The molecule has 4 rings (SSSR count). The molecule has 0 saturated carbocycles. The lowest BCUT2D eigenvalue weighted by molar-refractivity contribution is 0.0989. The predicted octanol–water partition coefficient (Wildman–Crippen LogP) is 3.72. The van der Waals surface area contributed by atoms with E-state index in [4.69, 9.17) is 0 Å². The Hall–Kier alpha value is -3.21. The van der Waals surface area contributed by atoms with E-state index in [1.165, 1.54) is 35.0 Å². The molecule has 3 aromatic carbocycles. The van der Waals surface area contributed by atoms with E-state index >= 15 is 0 Å². The van der Waals surface area contributed by atoms with Crippen LogP contribution in [0.1, 0.15) is 32.6 Å². The Balaban J connectivity index is 1.57. The Bertz CT molecular complexity index is 1540. The van der Waals surface area contributed by atoms with Gasteiger partial charge in [0.2, 0.25) is 20.0 Å². The topological polar surface area (TPSA) is 95.1 Å². The molecule has 8 nitrogen and oxygen atoms in total. The number of nitrogens with zero attached hydrogens (tertiary/aromatic N) is 3. The van der Waals surface area contributed by atoms with Gasteiger partial charge in [0, 0.05) is 31.9 Å². The van der Waals surface area contributed by atoms with Crippen molar-refractivity contribution in [3.8, 4) is 0 Å². The molecule has 0 aromatic heterocycles. The van der Waals surface area contributed by atoms with E-state index in [9.17, 15) is 21.6 Å². The van der Waals surface area contributed by atoms with Crippen molar-refractivity contribution < 1.29 is 21.6 Å². The second-order valence-corrected chi connectivity index (χ2v) is 13.6. The van der Waals surface area contributed by atoms with Crippen LogP contribution in [-0.2, 0) is 33.0 Å². The van der Waals surface area contributed by atoms with Gasteiger partial charge < -0.3 is 4.90 Å². The minimum atomic E-state index is -3.56. The van der Waals surface area contributed by atoms with Crippen LogP contribution in [-0.4, -0.2) is 53.9 Å². The lowest BCUT2D eigenvalue weighted by Crippen LogP contribution is -2.31. The molecule has 1 heterocycles. The Labute approximate surface area is 219 Å². The first-order valence-corrected chi connectivity index (χ1v) is 15.1. The van der Waals surface area contributed by atoms with Crippen LogP contribution in [0.3, 0.4) is 0 Å². The van der Waals surface area contributed by atoms with Gasteiger partial charge in [0.25, 0.3) is 5.91 Å². The largest absolute Gasteiger partial charge is 0.308 e. The molecule has 0 radical (unpaired) electrons. The zero-order chi connectivity index (χ0) is 27.1.